The van der Waals surface area contributed by atoms with Crippen LogP contribution in [0.1, 0.15) is 69.9 Å². The van der Waals surface area contributed by atoms with Crippen molar-refractivity contribution in [2.75, 3.05) is 10.0 Å². The van der Waals surface area contributed by atoms with E-state index in [0.29, 0.717) is 23.3 Å². The molecule has 38 heavy (non-hydrogen) atoms. The van der Waals surface area contributed by atoms with Crippen molar-refractivity contribution in [2.45, 2.75) is 82.8 Å². The second-order valence-electron chi connectivity index (χ2n) is 11.5. The molecule has 2 amide bonds. The van der Waals surface area contributed by atoms with Crippen LogP contribution in [0.15, 0.2) is 29.2 Å². The quantitative estimate of drug-likeness (QED) is 0.406. The van der Waals surface area contributed by atoms with Crippen molar-refractivity contribution in [1.29, 1.82) is 0 Å². The minimum absolute atomic E-state index is 0.0276. The number of aromatic nitrogens is 1. The SMILES string of the molecule is CC(=O)Nc1ccc(S(=O)(=O)Nc2nc3c(s2)C[C@]2(C)CC[C@H]([C@H](C)C(=O)NC4CC4)[C@H](O)[C@H]2[C@@H]3C)cc1. The first kappa shape index (κ1) is 27.1. The molecule has 1 heterocycles. The number of nitrogens with one attached hydrogen (secondary N) is 3. The second kappa shape index (κ2) is 9.91. The van der Waals surface area contributed by atoms with Crippen molar-refractivity contribution >= 4 is 44.0 Å². The van der Waals surface area contributed by atoms with Crippen LogP contribution < -0.4 is 15.4 Å². The number of benzene rings is 1. The van der Waals surface area contributed by atoms with Gasteiger partial charge in [-0.15, -0.1) is 11.3 Å². The minimum atomic E-state index is -3.87. The molecule has 0 saturated heterocycles. The predicted molar refractivity (Wildman–Crippen MR) is 146 cm³/mol. The molecule has 3 aliphatic carbocycles. The smallest absolute Gasteiger partial charge is 0.263 e. The van der Waals surface area contributed by atoms with Gasteiger partial charge in [0.25, 0.3) is 10.0 Å². The first-order valence-electron chi connectivity index (χ1n) is 13.3. The second-order valence-corrected chi connectivity index (χ2v) is 14.3. The Morgan fingerprint density at radius 2 is 1.87 bits per heavy atom. The molecule has 11 heteroatoms. The fourth-order valence-corrected chi connectivity index (χ4v) is 8.94. The van der Waals surface area contributed by atoms with E-state index >= 15 is 0 Å². The number of hydrogen-bond acceptors (Lipinski definition) is 7. The highest BCUT2D eigenvalue weighted by Gasteiger charge is 2.54. The van der Waals surface area contributed by atoms with Crippen molar-refractivity contribution in [3.05, 3.63) is 34.8 Å². The van der Waals surface area contributed by atoms with E-state index in [1.165, 1.54) is 30.4 Å². The van der Waals surface area contributed by atoms with E-state index in [9.17, 15) is 23.1 Å². The van der Waals surface area contributed by atoms with Crippen molar-refractivity contribution in [2.24, 2.45) is 23.2 Å². The van der Waals surface area contributed by atoms with E-state index in [0.717, 1.165) is 36.3 Å². The summed E-state index contributed by atoms with van der Waals surface area (Å²) >= 11 is 1.35. The molecule has 0 radical (unpaired) electrons. The van der Waals surface area contributed by atoms with E-state index in [-0.39, 0.29) is 45.8 Å². The lowest BCUT2D eigenvalue weighted by molar-refractivity contribution is -0.134. The van der Waals surface area contributed by atoms with Gasteiger partial charge in [-0.2, -0.15) is 0 Å². The molecule has 0 bridgehead atoms. The van der Waals surface area contributed by atoms with E-state index in [1.807, 2.05) is 6.92 Å². The molecule has 0 unspecified atom stereocenters. The Labute approximate surface area is 227 Å². The lowest BCUT2D eigenvalue weighted by Crippen LogP contribution is -2.53. The first-order valence-corrected chi connectivity index (χ1v) is 15.6. The largest absolute Gasteiger partial charge is 0.392 e. The van der Waals surface area contributed by atoms with Crippen molar-refractivity contribution < 1.29 is 23.1 Å². The average molecular weight is 561 g/mol. The monoisotopic (exact) mass is 560 g/mol. The van der Waals surface area contributed by atoms with Gasteiger partial charge in [-0.3, -0.25) is 14.3 Å². The van der Waals surface area contributed by atoms with Crippen molar-refractivity contribution in [3.63, 3.8) is 0 Å². The molecule has 6 atom stereocenters. The van der Waals surface area contributed by atoms with Crippen LogP contribution in [0.2, 0.25) is 0 Å². The van der Waals surface area contributed by atoms with Crippen LogP contribution >= 0.6 is 11.3 Å². The predicted octanol–water partition coefficient (Wildman–Crippen LogP) is 3.87. The molecule has 2 aromatic rings. The van der Waals surface area contributed by atoms with E-state index < -0.39 is 16.1 Å². The summed E-state index contributed by atoms with van der Waals surface area (Å²) in [6, 6.07) is 6.26. The van der Waals surface area contributed by atoms with Crippen LogP contribution in [0.25, 0.3) is 0 Å². The Morgan fingerprint density at radius 1 is 1.18 bits per heavy atom. The summed E-state index contributed by atoms with van der Waals surface area (Å²) in [5.41, 5.74) is 1.19. The van der Waals surface area contributed by atoms with Gasteiger partial charge in [-0.05, 0) is 73.6 Å². The van der Waals surface area contributed by atoms with E-state index in [4.69, 9.17) is 0 Å². The first-order chi connectivity index (χ1) is 17.9. The Hall–Kier alpha value is -2.50. The number of carbonyl (C=O) groups is 2. The molecule has 0 spiro atoms. The van der Waals surface area contributed by atoms with Gasteiger partial charge in [0.2, 0.25) is 11.8 Å². The molecule has 0 aliphatic heterocycles. The third-order valence-corrected chi connectivity index (χ3v) is 11.1. The zero-order chi connectivity index (χ0) is 27.4. The lowest BCUT2D eigenvalue weighted by Gasteiger charge is -2.53. The molecule has 2 fully saturated rings. The molecule has 4 N–H and O–H groups in total. The van der Waals surface area contributed by atoms with Gasteiger partial charge in [-0.25, -0.2) is 13.4 Å². The zero-order valence-electron chi connectivity index (χ0n) is 22.2. The number of rotatable bonds is 7. The summed E-state index contributed by atoms with van der Waals surface area (Å²) in [6.45, 7) is 7.57. The molecule has 206 valence electrons. The van der Waals surface area contributed by atoms with Crippen LogP contribution in [-0.4, -0.2) is 42.5 Å². The van der Waals surface area contributed by atoms with Gasteiger partial charge >= 0.3 is 0 Å². The number of anilines is 2. The highest BCUT2D eigenvalue weighted by Crippen LogP contribution is 2.57. The number of aliphatic hydroxyl groups excluding tert-OH is 1. The number of nitrogens with zero attached hydrogens (tertiary/aromatic N) is 1. The fraction of sp³-hybridized carbons (Fsp3) is 0.593. The molecule has 1 aromatic heterocycles. The van der Waals surface area contributed by atoms with Gasteiger partial charge in [0.15, 0.2) is 5.13 Å². The number of thiazole rings is 1. The summed E-state index contributed by atoms with van der Waals surface area (Å²) < 4.78 is 28.7. The summed E-state index contributed by atoms with van der Waals surface area (Å²) in [5.74, 6) is -0.737. The van der Waals surface area contributed by atoms with E-state index in [1.54, 1.807) is 12.1 Å². The highest BCUT2D eigenvalue weighted by molar-refractivity contribution is 7.93. The third kappa shape index (κ3) is 5.20. The maximum atomic E-state index is 13.0. The molecule has 1 aromatic carbocycles. The van der Waals surface area contributed by atoms with Gasteiger partial charge in [0.1, 0.15) is 0 Å². The van der Waals surface area contributed by atoms with Crippen LogP contribution in [0, 0.1) is 23.2 Å². The van der Waals surface area contributed by atoms with Crippen LogP contribution in [0.5, 0.6) is 0 Å². The maximum absolute atomic E-state index is 13.0. The number of sulfonamides is 1. The number of carbonyl (C=O) groups excluding carboxylic acids is 2. The van der Waals surface area contributed by atoms with Crippen LogP contribution in [0.3, 0.4) is 0 Å². The highest BCUT2D eigenvalue weighted by atomic mass is 32.2. The molecule has 2 saturated carbocycles. The lowest BCUT2D eigenvalue weighted by atomic mass is 9.53. The third-order valence-electron chi connectivity index (χ3n) is 8.61. The van der Waals surface area contributed by atoms with Gasteiger partial charge < -0.3 is 15.7 Å². The van der Waals surface area contributed by atoms with Crippen molar-refractivity contribution in [1.82, 2.24) is 10.3 Å². The van der Waals surface area contributed by atoms with Crippen LogP contribution in [0.4, 0.5) is 10.8 Å². The van der Waals surface area contributed by atoms with E-state index in [2.05, 4.69) is 34.2 Å². The Kier molecular flexibility index (Phi) is 7.06. The minimum Gasteiger partial charge on any atom is -0.392 e. The van der Waals surface area contributed by atoms with Crippen LogP contribution in [-0.2, 0) is 26.0 Å². The molecule has 9 nitrogen and oxygen atoms in total. The average Bonchev–Trinajstić information content (AvgIpc) is 3.56. The number of hydrogen-bond donors (Lipinski definition) is 4. The Balaban J connectivity index is 1.34. The van der Waals surface area contributed by atoms with Gasteiger partial charge in [0, 0.05) is 35.4 Å². The summed E-state index contributed by atoms with van der Waals surface area (Å²) in [4.78, 5) is 29.8. The normalized spacial score (nSPS) is 29.5. The molecule has 5 rings (SSSR count). The number of amides is 2. The van der Waals surface area contributed by atoms with Crippen molar-refractivity contribution in [3.8, 4) is 0 Å². The Morgan fingerprint density at radius 3 is 2.50 bits per heavy atom. The zero-order valence-corrected chi connectivity index (χ0v) is 23.8. The van der Waals surface area contributed by atoms with Gasteiger partial charge in [0.05, 0.1) is 16.7 Å². The molecular formula is C27H36N4O5S2. The summed E-state index contributed by atoms with van der Waals surface area (Å²) in [6.07, 6.45) is 3.82. The fourth-order valence-electron chi connectivity index (χ4n) is 6.44. The summed E-state index contributed by atoms with van der Waals surface area (Å²) in [5, 5.41) is 17.6. The topological polar surface area (TPSA) is 137 Å². The summed E-state index contributed by atoms with van der Waals surface area (Å²) in [7, 11) is -3.87. The Bertz CT molecular complexity index is 1340. The maximum Gasteiger partial charge on any atom is 0.263 e. The number of fused-ring (bicyclic) bond motifs is 2. The standard InChI is InChI=1S/C27H36N4O5S2/c1-14(25(34)29-18-5-6-18)20-11-12-27(4)13-21-23(15(2)22(27)24(20)33)30-26(37-21)31-38(35,36)19-9-7-17(8-10-19)28-16(3)32/h7-10,14-15,18,20,22,24,33H,5-6,11-13H2,1-4H3,(H,28,32)(H,29,34)(H,30,31)/t14-,15-,20+,22+,24-,27-/m0/s1. The van der Waals surface area contributed by atoms with Gasteiger partial charge in [-0.1, -0.05) is 20.8 Å². The molecule has 3 aliphatic rings. The number of aliphatic hydroxyl groups is 1. The molecular weight excluding hydrogens is 524 g/mol.